The average Bonchev–Trinajstić information content (AvgIpc) is 2.33. The molecule has 1 saturated carbocycles. The van der Waals surface area contributed by atoms with Gasteiger partial charge in [-0.25, -0.2) is 4.39 Å². The number of hydrogen-bond acceptors (Lipinski definition) is 2. The molecule has 1 aliphatic carbocycles. The normalized spacial score (nSPS) is 23.6. The molecule has 0 aliphatic heterocycles. The van der Waals surface area contributed by atoms with Crippen molar-refractivity contribution in [1.82, 2.24) is 5.32 Å². The Kier molecular flexibility index (Phi) is 5.29. The zero-order valence-corrected chi connectivity index (χ0v) is 11.4. The Morgan fingerprint density at radius 2 is 2.06 bits per heavy atom. The van der Waals surface area contributed by atoms with E-state index < -0.39 is 5.54 Å². The quantitative estimate of drug-likeness (QED) is 0.915. The molecule has 100 valence electrons. The summed E-state index contributed by atoms with van der Waals surface area (Å²) >= 11 is 0. The van der Waals surface area contributed by atoms with Crippen LogP contribution in [0.5, 0.6) is 0 Å². The Balaban J connectivity index is 0.00000162. The minimum Gasteiger partial charge on any atom is -0.301 e. The number of rotatable bonds is 3. The summed E-state index contributed by atoms with van der Waals surface area (Å²) in [5.74, 6) is -0.167. The molecule has 0 heterocycles. The van der Waals surface area contributed by atoms with Gasteiger partial charge < -0.3 is 5.32 Å². The van der Waals surface area contributed by atoms with E-state index in [9.17, 15) is 9.18 Å². The van der Waals surface area contributed by atoms with Gasteiger partial charge in [0.05, 0.1) is 0 Å². The second-order valence-electron chi connectivity index (χ2n) is 4.55. The number of halogens is 2. The first kappa shape index (κ1) is 15.1. The number of likely N-dealkylation sites (N-methyl/N-ethyl adjacent to an activating group) is 1. The molecule has 1 aliphatic rings. The van der Waals surface area contributed by atoms with Gasteiger partial charge in [-0.1, -0.05) is 31.5 Å². The highest BCUT2D eigenvalue weighted by Crippen LogP contribution is 2.35. The topological polar surface area (TPSA) is 29.1 Å². The molecule has 18 heavy (non-hydrogen) atoms. The fourth-order valence-electron chi connectivity index (χ4n) is 2.70. The summed E-state index contributed by atoms with van der Waals surface area (Å²) < 4.78 is 13.9. The van der Waals surface area contributed by atoms with Crippen molar-refractivity contribution in [2.75, 3.05) is 6.54 Å². The van der Waals surface area contributed by atoms with Crippen LogP contribution in [0.3, 0.4) is 0 Å². The van der Waals surface area contributed by atoms with Gasteiger partial charge in [-0.15, -0.1) is 12.4 Å². The molecule has 1 N–H and O–H groups in total. The van der Waals surface area contributed by atoms with E-state index in [0.717, 1.165) is 12.8 Å². The van der Waals surface area contributed by atoms with Gasteiger partial charge in [-0.2, -0.15) is 0 Å². The summed E-state index contributed by atoms with van der Waals surface area (Å²) in [6.07, 6.45) is 3.12. The maximum absolute atomic E-state index is 13.9. The smallest absolute Gasteiger partial charge is 0.157 e. The molecule has 1 aromatic carbocycles. The van der Waals surface area contributed by atoms with Crippen LogP contribution >= 0.6 is 12.4 Å². The molecule has 0 spiro atoms. The third-order valence-corrected chi connectivity index (χ3v) is 3.49. The lowest BCUT2D eigenvalue weighted by Gasteiger charge is -2.37. The lowest BCUT2D eigenvalue weighted by Crippen LogP contribution is -2.51. The van der Waals surface area contributed by atoms with E-state index in [1.165, 1.54) is 6.07 Å². The number of carbonyl (C=O) groups excluding carboxylic acids is 1. The van der Waals surface area contributed by atoms with E-state index in [4.69, 9.17) is 0 Å². The maximum atomic E-state index is 13.9. The minimum atomic E-state index is -0.793. The molecule has 0 saturated heterocycles. The standard InChI is InChI=1S/C14H18FNO.ClH/c1-2-16-14(10-6-5-9-13(14)17)11-7-3-4-8-12(11)15;/h3-4,7-8,16H,2,5-6,9-10H2,1H3;1H. The van der Waals surface area contributed by atoms with Crippen LogP contribution in [0, 0.1) is 5.82 Å². The van der Waals surface area contributed by atoms with Crippen molar-refractivity contribution in [3.63, 3.8) is 0 Å². The third kappa shape index (κ3) is 2.57. The number of benzene rings is 1. The molecule has 0 radical (unpaired) electrons. The molecule has 1 fully saturated rings. The van der Waals surface area contributed by atoms with E-state index in [0.29, 0.717) is 24.9 Å². The largest absolute Gasteiger partial charge is 0.301 e. The summed E-state index contributed by atoms with van der Waals surface area (Å²) in [6, 6.07) is 6.60. The molecule has 1 unspecified atom stereocenters. The van der Waals surface area contributed by atoms with Crippen molar-refractivity contribution in [2.24, 2.45) is 0 Å². The van der Waals surface area contributed by atoms with Gasteiger partial charge in [-0.05, 0) is 25.5 Å². The van der Waals surface area contributed by atoms with Crippen molar-refractivity contribution in [3.8, 4) is 0 Å². The fourth-order valence-corrected chi connectivity index (χ4v) is 2.70. The zero-order valence-electron chi connectivity index (χ0n) is 10.5. The van der Waals surface area contributed by atoms with Gasteiger partial charge in [0, 0.05) is 12.0 Å². The Labute approximate surface area is 113 Å². The second kappa shape index (κ2) is 6.30. The third-order valence-electron chi connectivity index (χ3n) is 3.49. The maximum Gasteiger partial charge on any atom is 0.157 e. The van der Waals surface area contributed by atoms with Crippen molar-refractivity contribution in [1.29, 1.82) is 0 Å². The monoisotopic (exact) mass is 271 g/mol. The number of carbonyl (C=O) groups is 1. The molecule has 0 bridgehead atoms. The number of ketones is 1. The summed E-state index contributed by atoms with van der Waals surface area (Å²) in [7, 11) is 0. The van der Waals surface area contributed by atoms with Crippen molar-refractivity contribution < 1.29 is 9.18 Å². The van der Waals surface area contributed by atoms with Crippen LogP contribution in [-0.2, 0) is 10.3 Å². The van der Waals surface area contributed by atoms with Crippen molar-refractivity contribution in [2.45, 2.75) is 38.1 Å². The SMILES string of the molecule is CCNC1(c2ccccc2F)CCCCC1=O.Cl. The minimum absolute atomic E-state index is 0. The molecular formula is C14H19ClFNO. The van der Waals surface area contributed by atoms with Gasteiger partial charge >= 0.3 is 0 Å². The molecule has 0 aromatic heterocycles. The van der Waals surface area contributed by atoms with Crippen molar-refractivity contribution >= 4 is 18.2 Å². The predicted octanol–water partition coefficient (Wildman–Crippen LogP) is 3.20. The Bertz CT molecular complexity index is 420. The summed E-state index contributed by atoms with van der Waals surface area (Å²) in [6.45, 7) is 2.62. The fraction of sp³-hybridized carbons (Fsp3) is 0.500. The number of Topliss-reactive ketones (excluding diaryl/α,β-unsaturated/α-hetero) is 1. The van der Waals surface area contributed by atoms with Gasteiger partial charge in [0.1, 0.15) is 11.4 Å². The first-order valence-corrected chi connectivity index (χ1v) is 6.24. The van der Waals surface area contributed by atoms with E-state index in [2.05, 4.69) is 5.32 Å². The van der Waals surface area contributed by atoms with Crippen molar-refractivity contribution in [3.05, 3.63) is 35.6 Å². The van der Waals surface area contributed by atoms with E-state index >= 15 is 0 Å². The molecule has 2 rings (SSSR count). The van der Waals surface area contributed by atoms with Crippen LogP contribution in [0.1, 0.15) is 38.2 Å². The van der Waals surface area contributed by atoms with Crippen LogP contribution < -0.4 is 5.32 Å². The highest BCUT2D eigenvalue weighted by molar-refractivity contribution is 5.90. The molecule has 2 nitrogen and oxygen atoms in total. The van der Waals surface area contributed by atoms with E-state index in [1.807, 2.05) is 6.92 Å². The van der Waals surface area contributed by atoms with Gasteiger partial charge in [-0.3, -0.25) is 4.79 Å². The molecular weight excluding hydrogens is 253 g/mol. The lowest BCUT2D eigenvalue weighted by molar-refractivity contribution is -0.128. The van der Waals surface area contributed by atoms with E-state index in [1.54, 1.807) is 18.2 Å². The molecule has 1 aromatic rings. The van der Waals surface area contributed by atoms with Crippen LogP contribution in [-0.4, -0.2) is 12.3 Å². The summed E-state index contributed by atoms with van der Waals surface area (Å²) in [5, 5.41) is 3.22. The predicted molar refractivity (Wildman–Crippen MR) is 72.5 cm³/mol. The Morgan fingerprint density at radius 1 is 1.33 bits per heavy atom. The lowest BCUT2D eigenvalue weighted by atomic mass is 9.75. The van der Waals surface area contributed by atoms with Gasteiger partial charge in [0.25, 0.3) is 0 Å². The Hall–Kier alpha value is -0.930. The Morgan fingerprint density at radius 3 is 2.67 bits per heavy atom. The van der Waals surface area contributed by atoms with Gasteiger partial charge in [0.15, 0.2) is 5.78 Å². The average molecular weight is 272 g/mol. The first-order chi connectivity index (χ1) is 8.20. The molecule has 1 atom stereocenters. The summed E-state index contributed by atoms with van der Waals surface area (Å²) in [5.41, 5.74) is -0.287. The molecule has 0 amide bonds. The van der Waals surface area contributed by atoms with Crippen LogP contribution in [0.15, 0.2) is 24.3 Å². The summed E-state index contributed by atoms with van der Waals surface area (Å²) in [4.78, 5) is 12.2. The van der Waals surface area contributed by atoms with Crippen LogP contribution in [0.2, 0.25) is 0 Å². The number of hydrogen-bond donors (Lipinski definition) is 1. The molecule has 4 heteroatoms. The van der Waals surface area contributed by atoms with Gasteiger partial charge in [0.2, 0.25) is 0 Å². The number of nitrogens with one attached hydrogen (secondary N) is 1. The first-order valence-electron chi connectivity index (χ1n) is 6.24. The zero-order chi connectivity index (χ0) is 12.3. The van der Waals surface area contributed by atoms with Crippen LogP contribution in [0.25, 0.3) is 0 Å². The van der Waals surface area contributed by atoms with Crippen LogP contribution in [0.4, 0.5) is 4.39 Å². The van der Waals surface area contributed by atoms with E-state index in [-0.39, 0.29) is 24.0 Å². The second-order valence-corrected chi connectivity index (χ2v) is 4.55. The highest BCUT2D eigenvalue weighted by Gasteiger charge is 2.42. The highest BCUT2D eigenvalue weighted by atomic mass is 35.5.